The van der Waals surface area contributed by atoms with Crippen molar-refractivity contribution in [2.75, 3.05) is 13.1 Å². The molecule has 4 heteroatoms. The Kier molecular flexibility index (Phi) is 2.81. The number of hydrogen-bond acceptors (Lipinski definition) is 3. The highest BCUT2D eigenvalue weighted by Crippen LogP contribution is 2.09. The zero-order chi connectivity index (χ0) is 9.14. The predicted octanol–water partition coefficient (Wildman–Crippen LogP) is 0.124. The molecule has 68 valence electrons. The fourth-order valence-electron chi connectivity index (χ4n) is 1.32. The zero-order valence-corrected chi connectivity index (χ0v) is 7.12. The van der Waals surface area contributed by atoms with E-state index in [9.17, 15) is 9.59 Å². The maximum Gasteiger partial charge on any atom is 0.320 e. The van der Waals surface area contributed by atoms with Gasteiger partial charge < -0.3 is 5.11 Å². The summed E-state index contributed by atoms with van der Waals surface area (Å²) in [5.74, 6) is -0.576. The van der Waals surface area contributed by atoms with Gasteiger partial charge in [0.25, 0.3) is 0 Å². The summed E-state index contributed by atoms with van der Waals surface area (Å²) in [7, 11) is 0. The van der Waals surface area contributed by atoms with Crippen molar-refractivity contribution in [3.8, 4) is 0 Å². The van der Waals surface area contributed by atoms with Crippen LogP contribution in [0.1, 0.15) is 19.8 Å². The number of aliphatic carboxylic acids is 1. The molecule has 1 rings (SSSR count). The van der Waals surface area contributed by atoms with E-state index in [1.54, 1.807) is 6.92 Å². The fraction of sp³-hybridized carbons (Fsp3) is 0.750. The van der Waals surface area contributed by atoms with Gasteiger partial charge in [-0.2, -0.15) is 0 Å². The van der Waals surface area contributed by atoms with Gasteiger partial charge >= 0.3 is 5.97 Å². The van der Waals surface area contributed by atoms with Crippen LogP contribution in [-0.2, 0) is 9.59 Å². The summed E-state index contributed by atoms with van der Waals surface area (Å²) in [6.07, 6.45) is 0.995. The third kappa shape index (κ3) is 2.04. The van der Waals surface area contributed by atoms with Crippen LogP contribution in [0, 0.1) is 0 Å². The molecular weight excluding hydrogens is 158 g/mol. The van der Waals surface area contributed by atoms with Crippen molar-refractivity contribution in [2.45, 2.75) is 25.8 Å². The minimum absolute atomic E-state index is 0.240. The van der Waals surface area contributed by atoms with Crippen molar-refractivity contribution in [3.05, 3.63) is 0 Å². The first kappa shape index (κ1) is 9.19. The van der Waals surface area contributed by atoms with Crippen molar-refractivity contribution < 1.29 is 14.7 Å². The van der Waals surface area contributed by atoms with E-state index in [-0.39, 0.29) is 5.78 Å². The van der Waals surface area contributed by atoms with Crippen molar-refractivity contribution >= 4 is 11.8 Å². The second-order valence-corrected chi connectivity index (χ2v) is 3.09. The minimum Gasteiger partial charge on any atom is -0.480 e. The second kappa shape index (κ2) is 3.67. The smallest absolute Gasteiger partial charge is 0.320 e. The molecule has 1 atom stereocenters. The number of rotatable bonds is 2. The van der Waals surface area contributed by atoms with Crippen LogP contribution in [0.3, 0.4) is 0 Å². The molecule has 0 aromatic heterocycles. The molecule has 1 fully saturated rings. The Balaban J connectivity index is 2.44. The van der Waals surface area contributed by atoms with E-state index in [0.717, 1.165) is 0 Å². The number of carboxylic acid groups (broad SMARTS) is 1. The molecule has 1 aliphatic heterocycles. The normalized spacial score (nSPS) is 22.2. The number of Topliss-reactive ketones (excluding diaryl/α,β-unsaturated/α-hetero) is 1. The van der Waals surface area contributed by atoms with Gasteiger partial charge in [0.05, 0.1) is 0 Å². The predicted molar refractivity (Wildman–Crippen MR) is 42.9 cm³/mol. The number of ketones is 1. The number of hydrogen-bond donors (Lipinski definition) is 1. The van der Waals surface area contributed by atoms with E-state index < -0.39 is 12.0 Å². The van der Waals surface area contributed by atoms with Gasteiger partial charge in [-0.05, 0) is 6.92 Å². The molecular formula is C8H13NO3. The van der Waals surface area contributed by atoms with Gasteiger partial charge in [-0.1, -0.05) is 0 Å². The lowest BCUT2D eigenvalue weighted by Gasteiger charge is -2.28. The first-order valence-corrected chi connectivity index (χ1v) is 4.10. The summed E-state index contributed by atoms with van der Waals surface area (Å²) >= 11 is 0. The SMILES string of the molecule is CC(C(=O)O)N1CCC(=O)CC1. The molecule has 1 unspecified atom stereocenters. The Labute approximate surface area is 71.2 Å². The molecule has 0 spiro atoms. The summed E-state index contributed by atoms with van der Waals surface area (Å²) < 4.78 is 0. The monoisotopic (exact) mass is 171 g/mol. The van der Waals surface area contributed by atoms with Crippen LogP contribution in [0.25, 0.3) is 0 Å². The fourth-order valence-corrected chi connectivity index (χ4v) is 1.32. The van der Waals surface area contributed by atoms with Crippen molar-refractivity contribution in [1.82, 2.24) is 4.90 Å². The number of likely N-dealkylation sites (tertiary alicyclic amines) is 1. The molecule has 1 N–H and O–H groups in total. The molecule has 1 saturated heterocycles. The Morgan fingerprint density at radius 2 is 2.00 bits per heavy atom. The maximum atomic E-state index is 10.8. The molecule has 12 heavy (non-hydrogen) atoms. The van der Waals surface area contributed by atoms with Crippen LogP contribution < -0.4 is 0 Å². The lowest BCUT2D eigenvalue weighted by atomic mass is 10.1. The van der Waals surface area contributed by atoms with Crippen LogP contribution in [0.5, 0.6) is 0 Å². The second-order valence-electron chi connectivity index (χ2n) is 3.09. The standard InChI is InChI=1S/C8H13NO3/c1-6(8(11)12)9-4-2-7(10)3-5-9/h6H,2-5H2,1H3,(H,11,12). The van der Waals surface area contributed by atoms with Crippen LogP contribution >= 0.6 is 0 Å². The summed E-state index contributed by atoms with van der Waals surface area (Å²) in [5, 5.41) is 8.67. The summed E-state index contributed by atoms with van der Waals surface area (Å²) in [6, 6.07) is -0.460. The van der Waals surface area contributed by atoms with Gasteiger partial charge in [0, 0.05) is 25.9 Å². The van der Waals surface area contributed by atoms with Crippen LogP contribution in [0.2, 0.25) is 0 Å². The highest BCUT2D eigenvalue weighted by molar-refractivity contribution is 5.80. The number of piperidine rings is 1. The quantitative estimate of drug-likeness (QED) is 0.641. The average Bonchev–Trinajstić information content (AvgIpc) is 2.04. The van der Waals surface area contributed by atoms with Crippen LogP contribution in [-0.4, -0.2) is 40.9 Å². The van der Waals surface area contributed by atoms with Crippen LogP contribution in [0.4, 0.5) is 0 Å². The number of carboxylic acids is 1. The first-order chi connectivity index (χ1) is 5.61. The highest BCUT2D eigenvalue weighted by Gasteiger charge is 2.24. The maximum absolute atomic E-state index is 10.8. The Morgan fingerprint density at radius 1 is 1.50 bits per heavy atom. The molecule has 0 amide bonds. The van der Waals surface area contributed by atoms with Crippen molar-refractivity contribution in [3.63, 3.8) is 0 Å². The van der Waals surface area contributed by atoms with E-state index in [1.165, 1.54) is 0 Å². The average molecular weight is 171 g/mol. The summed E-state index contributed by atoms with van der Waals surface area (Å²) in [4.78, 5) is 23.2. The van der Waals surface area contributed by atoms with E-state index >= 15 is 0 Å². The molecule has 1 heterocycles. The minimum atomic E-state index is -0.815. The topological polar surface area (TPSA) is 57.6 Å². The van der Waals surface area contributed by atoms with E-state index in [0.29, 0.717) is 25.9 Å². The van der Waals surface area contributed by atoms with Gasteiger partial charge in [0.2, 0.25) is 0 Å². The Morgan fingerprint density at radius 3 is 2.42 bits per heavy atom. The Bertz CT molecular complexity index is 192. The van der Waals surface area contributed by atoms with E-state index in [2.05, 4.69) is 0 Å². The molecule has 0 bridgehead atoms. The number of carbonyl (C=O) groups excluding carboxylic acids is 1. The lowest BCUT2D eigenvalue weighted by molar-refractivity contribution is -0.144. The number of nitrogens with zero attached hydrogens (tertiary/aromatic N) is 1. The van der Waals surface area contributed by atoms with Gasteiger partial charge in [-0.25, -0.2) is 0 Å². The highest BCUT2D eigenvalue weighted by atomic mass is 16.4. The molecule has 0 aromatic rings. The largest absolute Gasteiger partial charge is 0.480 e. The summed E-state index contributed by atoms with van der Waals surface area (Å²) in [6.45, 7) is 2.83. The molecule has 0 radical (unpaired) electrons. The molecule has 0 saturated carbocycles. The zero-order valence-electron chi connectivity index (χ0n) is 7.12. The molecule has 4 nitrogen and oxygen atoms in total. The third-order valence-corrected chi connectivity index (χ3v) is 2.26. The van der Waals surface area contributed by atoms with Crippen LogP contribution in [0.15, 0.2) is 0 Å². The van der Waals surface area contributed by atoms with Gasteiger partial charge in [-0.3, -0.25) is 14.5 Å². The first-order valence-electron chi connectivity index (χ1n) is 4.10. The number of carbonyl (C=O) groups is 2. The lowest BCUT2D eigenvalue weighted by Crippen LogP contribution is -2.44. The van der Waals surface area contributed by atoms with Gasteiger partial charge in [0.1, 0.15) is 11.8 Å². The van der Waals surface area contributed by atoms with Crippen molar-refractivity contribution in [1.29, 1.82) is 0 Å². The third-order valence-electron chi connectivity index (χ3n) is 2.26. The summed E-state index contributed by atoms with van der Waals surface area (Å²) in [5.41, 5.74) is 0. The van der Waals surface area contributed by atoms with E-state index in [1.807, 2.05) is 4.90 Å². The molecule has 0 aromatic carbocycles. The van der Waals surface area contributed by atoms with Gasteiger partial charge in [0.15, 0.2) is 0 Å². The van der Waals surface area contributed by atoms with Gasteiger partial charge in [-0.15, -0.1) is 0 Å². The van der Waals surface area contributed by atoms with Crippen molar-refractivity contribution in [2.24, 2.45) is 0 Å². The Hall–Kier alpha value is -0.900. The molecule has 0 aliphatic carbocycles. The molecule has 1 aliphatic rings. The van der Waals surface area contributed by atoms with E-state index in [4.69, 9.17) is 5.11 Å².